The maximum absolute atomic E-state index is 9.90. The van der Waals surface area contributed by atoms with Crippen LogP contribution in [0.15, 0.2) is 24.3 Å². The molecule has 4 heteroatoms. The van der Waals surface area contributed by atoms with Gasteiger partial charge in [0.15, 0.2) is 11.5 Å². The number of methoxy groups -OCH3 is 2. The van der Waals surface area contributed by atoms with E-state index in [1.165, 1.54) is 20.3 Å². The molecule has 16 heavy (non-hydrogen) atoms. The Morgan fingerprint density at radius 2 is 1.69 bits per heavy atom. The van der Waals surface area contributed by atoms with Gasteiger partial charge >= 0.3 is 0 Å². The number of phenols is 2. The highest BCUT2D eigenvalue weighted by molar-refractivity contribution is 5.99. The number of fused-ring (bicyclic) bond motifs is 1. The lowest BCUT2D eigenvalue weighted by molar-refractivity contribution is 0.371. The summed E-state index contributed by atoms with van der Waals surface area (Å²) < 4.78 is 10.1. The maximum Gasteiger partial charge on any atom is 0.166 e. The maximum atomic E-state index is 9.90. The minimum atomic E-state index is -0.00537. The third-order valence-corrected chi connectivity index (χ3v) is 2.48. The average Bonchev–Trinajstić information content (AvgIpc) is 2.32. The van der Waals surface area contributed by atoms with Gasteiger partial charge < -0.3 is 19.7 Å². The van der Waals surface area contributed by atoms with Gasteiger partial charge in [-0.25, -0.2) is 0 Å². The second-order valence-corrected chi connectivity index (χ2v) is 3.33. The lowest BCUT2D eigenvalue weighted by Gasteiger charge is -2.11. The molecule has 2 aromatic rings. The van der Waals surface area contributed by atoms with Crippen molar-refractivity contribution in [3.8, 4) is 23.0 Å². The zero-order valence-corrected chi connectivity index (χ0v) is 9.02. The number of hydrogen-bond acceptors (Lipinski definition) is 4. The van der Waals surface area contributed by atoms with Crippen molar-refractivity contribution >= 4 is 10.8 Å². The first-order valence-electron chi connectivity index (χ1n) is 4.74. The molecule has 0 atom stereocenters. The molecular formula is C12H12O4. The van der Waals surface area contributed by atoms with Gasteiger partial charge in [-0.05, 0) is 6.07 Å². The first kappa shape index (κ1) is 10.4. The van der Waals surface area contributed by atoms with Gasteiger partial charge in [0.2, 0.25) is 0 Å². The van der Waals surface area contributed by atoms with E-state index in [9.17, 15) is 10.2 Å². The Labute approximate surface area is 92.7 Å². The van der Waals surface area contributed by atoms with Crippen LogP contribution in [0, 0.1) is 0 Å². The molecule has 0 aromatic heterocycles. The number of ether oxygens (including phenoxy) is 2. The van der Waals surface area contributed by atoms with Crippen LogP contribution >= 0.6 is 0 Å². The van der Waals surface area contributed by atoms with Gasteiger partial charge in [0.1, 0.15) is 11.5 Å². The number of hydrogen-bond donors (Lipinski definition) is 2. The Morgan fingerprint density at radius 1 is 1.00 bits per heavy atom. The summed E-state index contributed by atoms with van der Waals surface area (Å²) in [5.74, 6) is 0.752. The van der Waals surface area contributed by atoms with Crippen molar-refractivity contribution in [2.45, 2.75) is 0 Å². The molecule has 4 nitrogen and oxygen atoms in total. The van der Waals surface area contributed by atoms with E-state index in [0.717, 1.165) is 0 Å². The van der Waals surface area contributed by atoms with Crippen LogP contribution in [-0.2, 0) is 0 Å². The fourth-order valence-corrected chi connectivity index (χ4v) is 1.72. The van der Waals surface area contributed by atoms with Crippen molar-refractivity contribution in [3.05, 3.63) is 24.3 Å². The van der Waals surface area contributed by atoms with Crippen LogP contribution in [0.3, 0.4) is 0 Å². The van der Waals surface area contributed by atoms with E-state index in [0.29, 0.717) is 16.5 Å². The van der Waals surface area contributed by atoms with Crippen molar-refractivity contribution < 1.29 is 19.7 Å². The Kier molecular flexibility index (Phi) is 2.48. The molecule has 0 saturated heterocycles. The van der Waals surface area contributed by atoms with Gasteiger partial charge in [-0.2, -0.15) is 0 Å². The Hall–Kier alpha value is -2.10. The van der Waals surface area contributed by atoms with E-state index in [-0.39, 0.29) is 17.2 Å². The lowest BCUT2D eigenvalue weighted by Crippen LogP contribution is -1.88. The normalized spacial score (nSPS) is 10.4. The highest BCUT2D eigenvalue weighted by atomic mass is 16.5. The van der Waals surface area contributed by atoms with Crippen molar-refractivity contribution in [3.63, 3.8) is 0 Å². The zero-order valence-electron chi connectivity index (χ0n) is 9.02. The van der Waals surface area contributed by atoms with Gasteiger partial charge in [0, 0.05) is 11.5 Å². The molecule has 0 unspecified atom stereocenters. The van der Waals surface area contributed by atoms with Gasteiger partial charge in [-0.15, -0.1) is 0 Å². The Bertz CT molecular complexity index is 534. The molecule has 0 spiro atoms. The molecule has 0 bridgehead atoms. The van der Waals surface area contributed by atoms with Crippen LogP contribution in [0.4, 0.5) is 0 Å². The fourth-order valence-electron chi connectivity index (χ4n) is 1.72. The highest BCUT2D eigenvalue weighted by Crippen LogP contribution is 2.43. The predicted molar refractivity (Wildman–Crippen MR) is 60.4 cm³/mol. The summed E-state index contributed by atoms with van der Waals surface area (Å²) in [6, 6.07) is 6.50. The standard InChI is InChI=1S/C12H12O4/c1-15-9-5-3-4-7-11(9)8(13)6-10(16-2)12(7)14/h3-6,13-14H,1-2H3. The van der Waals surface area contributed by atoms with Gasteiger partial charge in [0.25, 0.3) is 0 Å². The van der Waals surface area contributed by atoms with E-state index in [4.69, 9.17) is 9.47 Å². The smallest absolute Gasteiger partial charge is 0.166 e. The monoisotopic (exact) mass is 220 g/mol. The number of benzene rings is 2. The molecule has 2 aromatic carbocycles. The van der Waals surface area contributed by atoms with E-state index in [1.54, 1.807) is 18.2 Å². The molecule has 0 fully saturated rings. The summed E-state index contributed by atoms with van der Waals surface area (Å²) in [7, 11) is 2.94. The Morgan fingerprint density at radius 3 is 2.31 bits per heavy atom. The quantitative estimate of drug-likeness (QED) is 0.762. The third kappa shape index (κ3) is 1.39. The van der Waals surface area contributed by atoms with Crippen LogP contribution in [0.2, 0.25) is 0 Å². The van der Waals surface area contributed by atoms with Crippen molar-refractivity contribution in [1.82, 2.24) is 0 Å². The van der Waals surface area contributed by atoms with Crippen LogP contribution in [0.1, 0.15) is 0 Å². The molecular weight excluding hydrogens is 208 g/mol. The summed E-state index contributed by atoms with van der Waals surface area (Å²) in [6.07, 6.45) is 0. The largest absolute Gasteiger partial charge is 0.507 e. The molecule has 0 heterocycles. The molecule has 84 valence electrons. The Balaban J connectivity index is 2.89. The van der Waals surface area contributed by atoms with Crippen LogP contribution in [-0.4, -0.2) is 24.4 Å². The first-order chi connectivity index (χ1) is 7.69. The number of aromatic hydroxyl groups is 2. The van der Waals surface area contributed by atoms with Crippen LogP contribution in [0.25, 0.3) is 10.8 Å². The second-order valence-electron chi connectivity index (χ2n) is 3.33. The fraction of sp³-hybridized carbons (Fsp3) is 0.167. The van der Waals surface area contributed by atoms with E-state index < -0.39 is 0 Å². The predicted octanol–water partition coefficient (Wildman–Crippen LogP) is 2.27. The van der Waals surface area contributed by atoms with Gasteiger partial charge in [-0.1, -0.05) is 12.1 Å². The third-order valence-electron chi connectivity index (χ3n) is 2.48. The minimum absolute atomic E-state index is 0.00537. The molecule has 2 N–H and O–H groups in total. The highest BCUT2D eigenvalue weighted by Gasteiger charge is 2.14. The second kappa shape index (κ2) is 3.81. The number of phenolic OH excluding ortho intramolecular Hbond substituents is 2. The van der Waals surface area contributed by atoms with Gasteiger partial charge in [0.05, 0.1) is 19.6 Å². The molecule has 0 radical (unpaired) electrons. The topological polar surface area (TPSA) is 58.9 Å². The molecule has 0 amide bonds. The van der Waals surface area contributed by atoms with E-state index >= 15 is 0 Å². The summed E-state index contributed by atoms with van der Waals surface area (Å²) in [5.41, 5.74) is 0. The summed E-state index contributed by atoms with van der Waals surface area (Å²) >= 11 is 0. The molecule has 0 aliphatic heterocycles. The molecule has 0 aliphatic rings. The minimum Gasteiger partial charge on any atom is -0.507 e. The van der Waals surface area contributed by atoms with Crippen LogP contribution in [0.5, 0.6) is 23.0 Å². The van der Waals surface area contributed by atoms with Crippen molar-refractivity contribution in [1.29, 1.82) is 0 Å². The summed E-state index contributed by atoms with van der Waals surface area (Å²) in [6.45, 7) is 0. The van der Waals surface area contributed by atoms with E-state index in [1.807, 2.05) is 0 Å². The lowest BCUT2D eigenvalue weighted by atomic mass is 10.1. The van der Waals surface area contributed by atoms with Crippen molar-refractivity contribution in [2.75, 3.05) is 14.2 Å². The average molecular weight is 220 g/mol. The molecule has 0 aliphatic carbocycles. The van der Waals surface area contributed by atoms with Gasteiger partial charge in [-0.3, -0.25) is 0 Å². The SMILES string of the molecule is COc1cc(O)c2c(OC)cccc2c1O. The number of rotatable bonds is 2. The zero-order chi connectivity index (χ0) is 11.7. The molecule has 0 saturated carbocycles. The first-order valence-corrected chi connectivity index (χ1v) is 4.74. The van der Waals surface area contributed by atoms with E-state index in [2.05, 4.69) is 0 Å². The molecule has 2 rings (SSSR count). The summed E-state index contributed by atoms with van der Waals surface area (Å²) in [5, 5.41) is 20.7. The summed E-state index contributed by atoms with van der Waals surface area (Å²) in [4.78, 5) is 0. The van der Waals surface area contributed by atoms with Crippen LogP contribution < -0.4 is 9.47 Å². The van der Waals surface area contributed by atoms with Crippen molar-refractivity contribution in [2.24, 2.45) is 0 Å².